The van der Waals surface area contributed by atoms with Crippen molar-refractivity contribution < 1.29 is 46.0 Å². The number of anilines is 1. The van der Waals surface area contributed by atoms with Gasteiger partial charge in [0.2, 0.25) is 11.8 Å². The highest BCUT2D eigenvalue weighted by molar-refractivity contribution is 7.85. The van der Waals surface area contributed by atoms with Gasteiger partial charge in [-0.15, -0.1) is 17.9 Å². The summed E-state index contributed by atoms with van der Waals surface area (Å²) in [6.45, 7) is 13.5. The van der Waals surface area contributed by atoms with E-state index in [1.165, 1.54) is 16.2 Å². The number of hydrogen-bond donors (Lipinski definition) is 2. The van der Waals surface area contributed by atoms with Crippen LogP contribution in [-0.2, 0) is 38.4 Å². The molecule has 1 aliphatic heterocycles. The van der Waals surface area contributed by atoms with Gasteiger partial charge >= 0.3 is 16.3 Å². The molecule has 7 rings (SSSR count). The molecule has 0 bridgehead atoms. The molecule has 5 atom stereocenters. The summed E-state index contributed by atoms with van der Waals surface area (Å²) in [6.07, 6.45) is 4.60. The zero-order valence-corrected chi connectivity index (χ0v) is 37.4. The standard InChI is InChI=1S/C44H57N5O10S2/c1-8-26-21-44(26,41(53)48-61(54,55)59-28-13-14-28)22-37(50)36-18-30(23-49(36)40(52)32(43(4,5)6)19-39(51)58-27-11-9-10-12-27)57-38-20-34(35-24-60-42(47-35)45-25(2)3)46-33-17-29(56-7)15-16-31(33)38/h8,15-17,20,24-28,30,32,36H,1,9-14,18-19,21-23H2,2-7H3,(H,45,47)(H,48,53)/t26-,30-,32-,36+,44-/m1/s1. The lowest BCUT2D eigenvalue weighted by atomic mass is 9.77. The van der Waals surface area contributed by atoms with Gasteiger partial charge in [0.05, 0.1) is 54.8 Å². The molecule has 3 saturated carbocycles. The fraction of sp³-hybridized carbons (Fsp3) is 0.591. The first-order valence-electron chi connectivity index (χ1n) is 21.2. The second-order valence-electron chi connectivity index (χ2n) is 18.3. The SMILES string of the molecule is C=C[C@@H]1C[C@]1(CC(=O)[C@@H]1C[C@@H](Oc2cc(-c3csc(NC(C)C)n3)nc3cc(OC)ccc23)CN1C(=O)[C@@H](CC(=O)OC1CCCC1)C(C)(C)C)C(=O)NS(=O)(=O)OC1CC1. The Morgan fingerprint density at radius 2 is 1.77 bits per heavy atom. The molecule has 3 heterocycles. The van der Waals surface area contributed by atoms with Crippen LogP contribution in [0.25, 0.3) is 22.3 Å². The summed E-state index contributed by atoms with van der Waals surface area (Å²) in [6, 6.07) is 6.35. The summed E-state index contributed by atoms with van der Waals surface area (Å²) in [5, 5.41) is 6.64. The Labute approximate surface area is 361 Å². The van der Waals surface area contributed by atoms with E-state index in [1.807, 2.05) is 50.8 Å². The molecule has 3 aromatic rings. The number of esters is 1. The van der Waals surface area contributed by atoms with Crippen molar-refractivity contribution in [3.8, 4) is 22.9 Å². The second-order valence-corrected chi connectivity index (χ2v) is 20.4. The van der Waals surface area contributed by atoms with Crippen LogP contribution in [0, 0.1) is 22.7 Å². The number of carbonyl (C=O) groups is 4. The van der Waals surface area contributed by atoms with Crippen molar-refractivity contribution in [2.24, 2.45) is 22.7 Å². The largest absolute Gasteiger partial charge is 0.497 e. The van der Waals surface area contributed by atoms with Crippen LogP contribution in [0.4, 0.5) is 5.13 Å². The number of ketones is 1. The van der Waals surface area contributed by atoms with E-state index in [1.54, 1.807) is 31.4 Å². The number of aromatic nitrogens is 2. The average Bonchev–Trinajstić information content (AvgIpc) is 3.89. The van der Waals surface area contributed by atoms with Crippen molar-refractivity contribution in [3.63, 3.8) is 0 Å². The Balaban J connectivity index is 1.20. The number of nitrogens with zero attached hydrogens (tertiary/aromatic N) is 3. The molecule has 1 saturated heterocycles. The van der Waals surface area contributed by atoms with E-state index in [2.05, 4.69) is 11.9 Å². The van der Waals surface area contributed by atoms with Crippen LogP contribution in [-0.4, -0.2) is 90.9 Å². The number of ether oxygens (including phenoxy) is 3. The number of amides is 2. The van der Waals surface area contributed by atoms with Gasteiger partial charge in [0.15, 0.2) is 10.9 Å². The number of rotatable bonds is 18. The minimum atomic E-state index is -4.41. The number of allylic oxidation sites excluding steroid dienone is 1. The lowest BCUT2D eigenvalue weighted by Crippen LogP contribution is -2.48. The van der Waals surface area contributed by atoms with E-state index in [-0.39, 0.29) is 44.4 Å². The van der Waals surface area contributed by atoms with Crippen LogP contribution in [0.1, 0.15) is 98.8 Å². The molecule has 61 heavy (non-hydrogen) atoms. The quantitative estimate of drug-likeness (QED) is 0.101. The lowest BCUT2D eigenvalue weighted by molar-refractivity contribution is -0.156. The van der Waals surface area contributed by atoms with Crippen LogP contribution in [0.3, 0.4) is 0 Å². The maximum Gasteiger partial charge on any atom is 0.362 e. The Morgan fingerprint density at radius 1 is 1.03 bits per heavy atom. The van der Waals surface area contributed by atoms with Crippen molar-refractivity contribution in [2.75, 3.05) is 19.0 Å². The van der Waals surface area contributed by atoms with Crippen LogP contribution in [0.2, 0.25) is 0 Å². The van der Waals surface area contributed by atoms with E-state index >= 15 is 0 Å². The second kappa shape index (κ2) is 17.6. The summed E-state index contributed by atoms with van der Waals surface area (Å²) in [4.78, 5) is 67.8. The maximum absolute atomic E-state index is 14.9. The normalized spacial score (nSPS) is 23.5. The first-order chi connectivity index (χ1) is 28.9. The molecule has 4 fully saturated rings. The van der Waals surface area contributed by atoms with E-state index in [9.17, 15) is 27.6 Å². The molecule has 2 amide bonds. The minimum absolute atomic E-state index is 0.00163. The number of thiazole rings is 1. The number of nitrogens with one attached hydrogen (secondary N) is 2. The molecule has 0 spiro atoms. The number of Topliss-reactive ketones (excluding diaryl/α,β-unsaturated/α-hetero) is 1. The summed E-state index contributed by atoms with van der Waals surface area (Å²) in [7, 11) is -2.84. The molecule has 330 valence electrons. The molecule has 1 aromatic carbocycles. The number of fused-ring (bicyclic) bond motifs is 1. The van der Waals surface area contributed by atoms with Crippen LogP contribution >= 0.6 is 11.3 Å². The highest BCUT2D eigenvalue weighted by Crippen LogP contribution is 2.57. The van der Waals surface area contributed by atoms with E-state index in [4.69, 9.17) is 28.4 Å². The van der Waals surface area contributed by atoms with Gasteiger partial charge in [-0.2, -0.15) is 8.42 Å². The molecular formula is C44H57N5O10S2. The number of pyridine rings is 1. The smallest absolute Gasteiger partial charge is 0.362 e. The number of carbonyl (C=O) groups excluding carboxylic acids is 4. The minimum Gasteiger partial charge on any atom is -0.497 e. The molecule has 2 N–H and O–H groups in total. The van der Waals surface area contributed by atoms with Crippen molar-refractivity contribution in [3.05, 3.63) is 42.3 Å². The Bertz CT molecular complexity index is 2280. The summed E-state index contributed by atoms with van der Waals surface area (Å²) < 4.78 is 50.7. The number of hydrogen-bond acceptors (Lipinski definition) is 14. The Morgan fingerprint density at radius 3 is 2.41 bits per heavy atom. The van der Waals surface area contributed by atoms with E-state index in [0.717, 1.165) is 30.8 Å². The van der Waals surface area contributed by atoms with Gasteiger partial charge in [-0.05, 0) is 82.3 Å². The number of benzene rings is 1. The monoisotopic (exact) mass is 879 g/mol. The third-order valence-corrected chi connectivity index (χ3v) is 13.8. The summed E-state index contributed by atoms with van der Waals surface area (Å²) in [5.41, 5.74) is -0.332. The van der Waals surface area contributed by atoms with Gasteiger partial charge in [-0.1, -0.05) is 26.8 Å². The maximum atomic E-state index is 14.9. The highest BCUT2D eigenvalue weighted by atomic mass is 32.2. The molecule has 3 aliphatic carbocycles. The molecule has 15 nitrogen and oxygen atoms in total. The van der Waals surface area contributed by atoms with Crippen molar-refractivity contribution >= 4 is 61.2 Å². The van der Waals surface area contributed by atoms with Crippen molar-refractivity contribution in [1.29, 1.82) is 0 Å². The van der Waals surface area contributed by atoms with Crippen LogP contribution in [0.15, 0.2) is 42.3 Å². The number of likely N-dealkylation sites (tertiary alicyclic amines) is 1. The first kappa shape index (κ1) is 44.4. The fourth-order valence-corrected chi connectivity index (χ4v) is 10.3. The van der Waals surface area contributed by atoms with Crippen molar-refractivity contribution in [2.45, 2.75) is 129 Å². The third kappa shape index (κ3) is 10.4. The Hall–Kier alpha value is -4.61. The predicted octanol–water partition coefficient (Wildman–Crippen LogP) is 6.77. The topological polar surface area (TPSA) is 192 Å². The lowest BCUT2D eigenvalue weighted by Gasteiger charge is -2.35. The zero-order chi connectivity index (χ0) is 43.9. The Kier molecular flexibility index (Phi) is 12.9. The molecule has 0 radical (unpaired) electrons. The molecule has 17 heteroatoms. The summed E-state index contributed by atoms with van der Waals surface area (Å²) >= 11 is 1.45. The fourth-order valence-electron chi connectivity index (χ4n) is 8.42. The van der Waals surface area contributed by atoms with Gasteiger partial charge in [0, 0.05) is 41.8 Å². The first-order valence-corrected chi connectivity index (χ1v) is 23.5. The van der Waals surface area contributed by atoms with Gasteiger partial charge in [0.1, 0.15) is 29.4 Å². The van der Waals surface area contributed by atoms with E-state index in [0.29, 0.717) is 46.6 Å². The van der Waals surface area contributed by atoms with Crippen LogP contribution < -0.4 is 19.5 Å². The zero-order valence-electron chi connectivity index (χ0n) is 35.7. The molecular weight excluding hydrogens is 823 g/mol. The molecule has 2 aromatic heterocycles. The third-order valence-electron chi connectivity index (χ3n) is 12.0. The molecule has 4 aliphatic rings. The number of methoxy groups -OCH3 is 1. The average molecular weight is 880 g/mol. The summed E-state index contributed by atoms with van der Waals surface area (Å²) in [5.74, 6) is -2.43. The van der Waals surface area contributed by atoms with Gasteiger partial charge in [0.25, 0.3) is 0 Å². The highest BCUT2D eigenvalue weighted by Gasteiger charge is 2.61. The van der Waals surface area contributed by atoms with Crippen molar-refractivity contribution in [1.82, 2.24) is 19.6 Å². The van der Waals surface area contributed by atoms with Gasteiger partial charge in [-0.25, -0.2) is 14.7 Å². The molecule has 0 unspecified atom stereocenters. The van der Waals surface area contributed by atoms with Crippen LogP contribution in [0.5, 0.6) is 11.5 Å². The van der Waals surface area contributed by atoms with E-state index < -0.39 is 74.8 Å². The van der Waals surface area contributed by atoms with Gasteiger partial charge < -0.3 is 24.4 Å². The predicted molar refractivity (Wildman–Crippen MR) is 230 cm³/mol. The van der Waals surface area contributed by atoms with Gasteiger partial charge in [-0.3, -0.25) is 23.4 Å².